The Balaban J connectivity index is 1.34. The molecular formula is C26H21BrClN3O2. The number of anilines is 1. The van der Waals surface area contributed by atoms with Gasteiger partial charge in [-0.1, -0.05) is 57.9 Å². The Bertz CT molecular complexity index is 1280. The van der Waals surface area contributed by atoms with Gasteiger partial charge < -0.3 is 14.2 Å². The second-order valence-electron chi connectivity index (χ2n) is 7.84. The lowest BCUT2D eigenvalue weighted by Gasteiger charge is -2.36. The molecule has 1 saturated heterocycles. The van der Waals surface area contributed by atoms with Gasteiger partial charge in [0.25, 0.3) is 5.91 Å². The third kappa shape index (κ3) is 4.68. The number of carbonyl (C=O) groups is 1. The largest absolute Gasteiger partial charge is 0.436 e. The van der Waals surface area contributed by atoms with E-state index in [-0.39, 0.29) is 5.91 Å². The average molecular weight is 523 g/mol. The lowest BCUT2D eigenvalue weighted by atomic mass is 10.1. The van der Waals surface area contributed by atoms with Crippen LogP contribution in [0.15, 0.2) is 87.9 Å². The number of hydrogen-bond donors (Lipinski definition) is 0. The van der Waals surface area contributed by atoms with Gasteiger partial charge in [-0.2, -0.15) is 0 Å². The van der Waals surface area contributed by atoms with Crippen molar-refractivity contribution in [3.8, 4) is 22.8 Å². The van der Waals surface area contributed by atoms with E-state index in [2.05, 4.69) is 25.8 Å². The summed E-state index contributed by atoms with van der Waals surface area (Å²) in [4.78, 5) is 22.0. The molecule has 1 aromatic heterocycles. The number of halogens is 2. The highest BCUT2D eigenvalue weighted by molar-refractivity contribution is 9.10. The van der Waals surface area contributed by atoms with Gasteiger partial charge in [0.2, 0.25) is 5.89 Å². The monoisotopic (exact) mass is 521 g/mol. The minimum Gasteiger partial charge on any atom is -0.436 e. The second kappa shape index (κ2) is 9.41. The standard InChI is InChI=1S/C26H21BrClN3O2/c27-19-10-8-18(9-11-19)24-17-29-25(33-24)22-6-1-2-7-23(22)26(32)31-14-12-30(13-15-31)21-5-3-4-20(28)16-21/h1-11,16-17H,12-15H2. The number of benzene rings is 3. The second-order valence-corrected chi connectivity index (χ2v) is 9.19. The van der Waals surface area contributed by atoms with E-state index < -0.39 is 0 Å². The van der Waals surface area contributed by atoms with Gasteiger partial charge in [-0.15, -0.1) is 0 Å². The first-order valence-electron chi connectivity index (χ1n) is 10.7. The van der Waals surface area contributed by atoms with Crippen LogP contribution in [0.4, 0.5) is 5.69 Å². The van der Waals surface area contributed by atoms with Crippen molar-refractivity contribution in [2.75, 3.05) is 31.1 Å². The van der Waals surface area contributed by atoms with Crippen LogP contribution in [0.3, 0.4) is 0 Å². The van der Waals surface area contributed by atoms with Gasteiger partial charge in [-0.25, -0.2) is 4.98 Å². The zero-order chi connectivity index (χ0) is 22.8. The molecule has 1 aliphatic heterocycles. The van der Waals surface area contributed by atoms with E-state index in [1.54, 1.807) is 6.20 Å². The summed E-state index contributed by atoms with van der Waals surface area (Å²) in [6, 6.07) is 23.1. The molecule has 1 fully saturated rings. The Kier molecular flexibility index (Phi) is 6.20. The topological polar surface area (TPSA) is 49.6 Å². The van der Waals surface area contributed by atoms with Crippen molar-refractivity contribution >= 4 is 39.1 Å². The van der Waals surface area contributed by atoms with Gasteiger partial charge in [0.1, 0.15) is 0 Å². The van der Waals surface area contributed by atoms with Crippen molar-refractivity contribution in [2.24, 2.45) is 0 Å². The summed E-state index contributed by atoms with van der Waals surface area (Å²) in [5.74, 6) is 1.09. The number of nitrogens with zero attached hydrogens (tertiary/aromatic N) is 3. The molecule has 5 nitrogen and oxygen atoms in total. The van der Waals surface area contributed by atoms with E-state index in [9.17, 15) is 4.79 Å². The highest BCUT2D eigenvalue weighted by Gasteiger charge is 2.25. The van der Waals surface area contributed by atoms with Crippen molar-refractivity contribution in [2.45, 2.75) is 0 Å². The fraction of sp³-hybridized carbons (Fsp3) is 0.154. The van der Waals surface area contributed by atoms with Gasteiger partial charge >= 0.3 is 0 Å². The predicted octanol–water partition coefficient (Wildman–Crippen LogP) is 6.39. The predicted molar refractivity (Wildman–Crippen MR) is 135 cm³/mol. The van der Waals surface area contributed by atoms with Gasteiger partial charge in [-0.05, 0) is 42.5 Å². The van der Waals surface area contributed by atoms with Gasteiger partial charge in [-0.3, -0.25) is 4.79 Å². The first kappa shape index (κ1) is 21.7. The van der Waals surface area contributed by atoms with Crippen LogP contribution in [0.1, 0.15) is 10.4 Å². The highest BCUT2D eigenvalue weighted by atomic mass is 79.9. The summed E-state index contributed by atoms with van der Waals surface area (Å²) >= 11 is 9.58. The van der Waals surface area contributed by atoms with Gasteiger partial charge in [0.05, 0.1) is 11.8 Å². The van der Waals surface area contributed by atoms with Crippen LogP contribution in [-0.4, -0.2) is 42.0 Å². The van der Waals surface area contributed by atoms with Crippen LogP contribution in [0.5, 0.6) is 0 Å². The SMILES string of the molecule is O=C(c1ccccc1-c1ncc(-c2ccc(Br)cc2)o1)N1CCN(c2cccc(Cl)c2)CC1. The maximum Gasteiger partial charge on any atom is 0.254 e. The van der Waals surface area contributed by atoms with Crippen molar-refractivity contribution in [3.05, 3.63) is 94.1 Å². The van der Waals surface area contributed by atoms with Crippen LogP contribution in [0, 0.1) is 0 Å². The number of carbonyl (C=O) groups excluding carboxylic acids is 1. The molecule has 2 heterocycles. The summed E-state index contributed by atoms with van der Waals surface area (Å²) in [5.41, 5.74) is 3.30. The zero-order valence-corrected chi connectivity index (χ0v) is 20.1. The quantitative estimate of drug-likeness (QED) is 0.312. The van der Waals surface area contributed by atoms with E-state index in [1.165, 1.54) is 0 Å². The molecule has 0 radical (unpaired) electrons. The molecule has 0 aliphatic carbocycles. The first-order chi connectivity index (χ1) is 16.1. The number of aromatic nitrogens is 1. The Morgan fingerprint density at radius 2 is 1.70 bits per heavy atom. The molecule has 0 saturated carbocycles. The van der Waals surface area contributed by atoms with Crippen LogP contribution in [-0.2, 0) is 0 Å². The van der Waals surface area contributed by atoms with Crippen LogP contribution in [0.2, 0.25) is 5.02 Å². The third-order valence-electron chi connectivity index (χ3n) is 5.76. The van der Waals surface area contributed by atoms with E-state index in [1.807, 2.05) is 77.7 Å². The Morgan fingerprint density at radius 3 is 2.45 bits per heavy atom. The normalized spacial score (nSPS) is 13.9. The van der Waals surface area contributed by atoms with E-state index in [0.717, 1.165) is 28.8 Å². The Labute approximate surface area is 205 Å². The van der Waals surface area contributed by atoms with Crippen molar-refractivity contribution in [1.29, 1.82) is 0 Å². The number of amides is 1. The molecule has 0 N–H and O–H groups in total. The minimum atomic E-state index is -0.0141. The summed E-state index contributed by atoms with van der Waals surface area (Å²) in [6.07, 6.45) is 1.70. The minimum absolute atomic E-state index is 0.0141. The lowest BCUT2D eigenvalue weighted by molar-refractivity contribution is 0.0747. The van der Waals surface area contributed by atoms with Gasteiger partial charge in [0.15, 0.2) is 5.76 Å². The first-order valence-corrected chi connectivity index (χ1v) is 11.9. The van der Waals surface area contributed by atoms with Crippen molar-refractivity contribution < 1.29 is 9.21 Å². The molecule has 166 valence electrons. The maximum atomic E-state index is 13.4. The van der Waals surface area contributed by atoms with E-state index >= 15 is 0 Å². The van der Waals surface area contributed by atoms with Crippen LogP contribution >= 0.6 is 27.5 Å². The fourth-order valence-corrected chi connectivity index (χ4v) is 4.46. The highest BCUT2D eigenvalue weighted by Crippen LogP contribution is 2.30. The summed E-state index contributed by atoms with van der Waals surface area (Å²) in [7, 11) is 0. The molecule has 0 bridgehead atoms. The molecule has 1 amide bonds. The summed E-state index contributed by atoms with van der Waals surface area (Å²) in [6.45, 7) is 2.77. The number of piperazine rings is 1. The maximum absolute atomic E-state index is 13.4. The zero-order valence-electron chi connectivity index (χ0n) is 17.7. The smallest absolute Gasteiger partial charge is 0.254 e. The molecule has 5 rings (SSSR count). The summed E-state index contributed by atoms with van der Waals surface area (Å²) < 4.78 is 7.04. The van der Waals surface area contributed by atoms with Crippen LogP contribution < -0.4 is 4.90 Å². The molecule has 33 heavy (non-hydrogen) atoms. The summed E-state index contributed by atoms with van der Waals surface area (Å²) in [5, 5.41) is 0.716. The molecule has 4 aromatic rings. The Hall–Kier alpha value is -3.09. The number of rotatable bonds is 4. The van der Waals surface area contributed by atoms with E-state index in [4.69, 9.17) is 16.0 Å². The molecule has 3 aromatic carbocycles. The van der Waals surface area contributed by atoms with Crippen molar-refractivity contribution in [1.82, 2.24) is 9.88 Å². The molecule has 0 spiro atoms. The number of hydrogen-bond acceptors (Lipinski definition) is 4. The van der Waals surface area contributed by atoms with Crippen LogP contribution in [0.25, 0.3) is 22.8 Å². The molecular weight excluding hydrogens is 502 g/mol. The molecule has 0 atom stereocenters. The molecule has 1 aliphatic rings. The fourth-order valence-electron chi connectivity index (χ4n) is 4.01. The van der Waals surface area contributed by atoms with E-state index in [0.29, 0.717) is 40.9 Å². The number of oxazole rings is 1. The molecule has 7 heteroatoms. The Morgan fingerprint density at radius 1 is 0.939 bits per heavy atom. The lowest BCUT2D eigenvalue weighted by Crippen LogP contribution is -2.48. The molecule has 0 unspecified atom stereocenters. The average Bonchev–Trinajstić information content (AvgIpc) is 3.34. The third-order valence-corrected chi connectivity index (χ3v) is 6.53. The van der Waals surface area contributed by atoms with Gasteiger partial charge in [0, 0.05) is 52.5 Å². The van der Waals surface area contributed by atoms with Crippen molar-refractivity contribution in [3.63, 3.8) is 0 Å².